The van der Waals surface area contributed by atoms with Crippen LogP contribution in [0.25, 0.3) is 11.0 Å². The molecule has 0 radical (unpaired) electrons. The van der Waals surface area contributed by atoms with Crippen molar-refractivity contribution in [3.63, 3.8) is 0 Å². The number of piperidine rings is 1. The summed E-state index contributed by atoms with van der Waals surface area (Å²) in [4.78, 5) is 40.6. The number of nitrogens with zero attached hydrogens (tertiary/aromatic N) is 3. The van der Waals surface area contributed by atoms with Crippen LogP contribution < -0.4 is 15.7 Å². The van der Waals surface area contributed by atoms with Crippen LogP contribution in [0.2, 0.25) is 10.0 Å². The highest BCUT2D eigenvalue weighted by molar-refractivity contribution is 6.33. The largest absolute Gasteiger partial charge is 0.496 e. The number of hydrogen-bond donors (Lipinski definition) is 2. The van der Waals surface area contributed by atoms with E-state index < -0.39 is 10.8 Å². The van der Waals surface area contributed by atoms with Gasteiger partial charge in [0.25, 0.3) is 11.6 Å². The number of carbonyl (C=O) groups excluding carboxylic acids is 1. The molecule has 10 nitrogen and oxygen atoms in total. The van der Waals surface area contributed by atoms with Crippen molar-refractivity contribution in [3.05, 3.63) is 66.5 Å². The Kier molecular flexibility index (Phi) is 7.11. The van der Waals surface area contributed by atoms with Crippen molar-refractivity contribution in [2.24, 2.45) is 0 Å². The van der Waals surface area contributed by atoms with Crippen molar-refractivity contribution >= 4 is 45.8 Å². The first-order valence-electron chi connectivity index (χ1n) is 10.7. The average molecular weight is 508 g/mol. The molecule has 0 saturated carbocycles. The number of rotatable bonds is 7. The number of hydrogen-bond acceptors (Lipinski definition) is 6. The van der Waals surface area contributed by atoms with Gasteiger partial charge >= 0.3 is 5.69 Å². The molecule has 4 rings (SSSR count). The molecule has 12 heteroatoms. The normalized spacial score (nSPS) is 14.9. The SMILES string of the molecule is COc1cc([N+](=O)[O-])c(Cl)cc1C(=O)NCCN1CCC(n2c(=O)[nH]c3cc(Cl)ccc32)CC1. The van der Waals surface area contributed by atoms with Crippen LogP contribution in [0.4, 0.5) is 5.69 Å². The number of carbonyl (C=O) groups is 1. The van der Waals surface area contributed by atoms with Gasteiger partial charge in [0, 0.05) is 37.2 Å². The molecule has 2 N–H and O–H groups in total. The fourth-order valence-electron chi connectivity index (χ4n) is 4.32. The van der Waals surface area contributed by atoms with Crippen molar-refractivity contribution in [1.82, 2.24) is 19.8 Å². The van der Waals surface area contributed by atoms with Gasteiger partial charge in [0.05, 0.1) is 34.7 Å². The Morgan fingerprint density at radius 3 is 2.68 bits per heavy atom. The van der Waals surface area contributed by atoms with Gasteiger partial charge in [-0.15, -0.1) is 0 Å². The zero-order valence-corrected chi connectivity index (χ0v) is 19.9. The number of methoxy groups -OCH3 is 1. The number of imidazole rings is 1. The highest BCUT2D eigenvalue weighted by Gasteiger charge is 2.24. The third kappa shape index (κ3) is 4.89. The van der Waals surface area contributed by atoms with Crippen LogP contribution in [0.15, 0.2) is 35.1 Å². The van der Waals surface area contributed by atoms with E-state index in [-0.39, 0.29) is 33.8 Å². The summed E-state index contributed by atoms with van der Waals surface area (Å²) in [5.41, 5.74) is 1.24. The summed E-state index contributed by atoms with van der Waals surface area (Å²) in [5, 5.41) is 14.3. The lowest BCUT2D eigenvalue weighted by Gasteiger charge is -2.32. The quantitative estimate of drug-likeness (QED) is 0.371. The van der Waals surface area contributed by atoms with Crippen molar-refractivity contribution in [2.75, 3.05) is 33.3 Å². The van der Waals surface area contributed by atoms with Gasteiger partial charge in [0.15, 0.2) is 0 Å². The fraction of sp³-hybridized carbons (Fsp3) is 0.364. The van der Waals surface area contributed by atoms with E-state index in [0.29, 0.717) is 18.1 Å². The summed E-state index contributed by atoms with van der Waals surface area (Å²) < 4.78 is 6.93. The number of nitrogens with one attached hydrogen (secondary N) is 2. The van der Waals surface area contributed by atoms with Crippen LogP contribution in [-0.4, -0.2) is 58.6 Å². The van der Waals surface area contributed by atoms with Crippen LogP contribution in [0.3, 0.4) is 0 Å². The minimum absolute atomic E-state index is 0.0831. The van der Waals surface area contributed by atoms with Gasteiger partial charge in [-0.25, -0.2) is 4.79 Å². The van der Waals surface area contributed by atoms with Gasteiger partial charge in [0.1, 0.15) is 10.8 Å². The number of fused-ring (bicyclic) bond motifs is 1. The van der Waals surface area contributed by atoms with Gasteiger partial charge < -0.3 is 19.9 Å². The summed E-state index contributed by atoms with van der Waals surface area (Å²) in [6, 6.07) is 7.85. The van der Waals surface area contributed by atoms with Gasteiger partial charge in [-0.1, -0.05) is 23.2 Å². The molecule has 2 heterocycles. The Bertz CT molecular complexity index is 1300. The molecule has 2 aromatic carbocycles. The molecule has 1 fully saturated rings. The molecule has 0 atom stereocenters. The Balaban J connectivity index is 1.33. The molecule has 0 bridgehead atoms. The Morgan fingerprint density at radius 2 is 2.00 bits per heavy atom. The molecule has 3 aromatic rings. The van der Waals surface area contributed by atoms with E-state index in [4.69, 9.17) is 27.9 Å². The highest BCUT2D eigenvalue weighted by atomic mass is 35.5. The van der Waals surface area contributed by atoms with Crippen LogP contribution >= 0.6 is 23.2 Å². The molecule has 0 unspecified atom stereocenters. The van der Waals surface area contributed by atoms with E-state index in [1.807, 2.05) is 6.07 Å². The maximum atomic E-state index is 12.6. The van der Waals surface area contributed by atoms with Gasteiger partial charge in [-0.2, -0.15) is 0 Å². The smallest absolute Gasteiger partial charge is 0.326 e. The third-order valence-corrected chi connectivity index (χ3v) is 6.56. The van der Waals surface area contributed by atoms with E-state index in [0.717, 1.165) is 43.0 Å². The lowest BCUT2D eigenvalue weighted by Crippen LogP contribution is -2.41. The van der Waals surface area contributed by atoms with E-state index in [1.165, 1.54) is 13.2 Å². The number of H-pyrrole nitrogens is 1. The molecule has 34 heavy (non-hydrogen) atoms. The summed E-state index contributed by atoms with van der Waals surface area (Å²) in [5.74, 6) is -0.340. The first-order valence-corrected chi connectivity index (χ1v) is 11.5. The predicted octanol–water partition coefficient (Wildman–Crippen LogP) is 3.62. The summed E-state index contributed by atoms with van der Waals surface area (Å²) >= 11 is 12.0. The average Bonchev–Trinajstić information content (AvgIpc) is 3.13. The summed E-state index contributed by atoms with van der Waals surface area (Å²) in [6.45, 7) is 2.56. The third-order valence-electron chi connectivity index (χ3n) is 6.02. The monoisotopic (exact) mass is 507 g/mol. The topological polar surface area (TPSA) is 122 Å². The minimum atomic E-state index is -0.629. The second kappa shape index (κ2) is 10.0. The van der Waals surface area contributed by atoms with Crippen LogP contribution in [0.5, 0.6) is 5.75 Å². The van der Waals surface area contributed by atoms with Gasteiger partial charge in [0.2, 0.25) is 0 Å². The molecule has 0 spiro atoms. The number of nitro benzene ring substituents is 1. The van der Waals surface area contributed by atoms with E-state index >= 15 is 0 Å². The van der Waals surface area contributed by atoms with Crippen molar-refractivity contribution < 1.29 is 14.5 Å². The number of aromatic amines is 1. The number of benzene rings is 2. The molecular weight excluding hydrogens is 485 g/mol. The number of aromatic nitrogens is 2. The molecule has 0 aliphatic carbocycles. The van der Waals surface area contributed by atoms with Crippen molar-refractivity contribution in [1.29, 1.82) is 0 Å². The maximum Gasteiger partial charge on any atom is 0.326 e. The molecule has 1 saturated heterocycles. The van der Waals surface area contributed by atoms with Crippen molar-refractivity contribution in [2.45, 2.75) is 18.9 Å². The summed E-state index contributed by atoms with van der Waals surface area (Å²) in [6.07, 6.45) is 1.60. The Hall–Kier alpha value is -3.08. The molecular formula is C22H23Cl2N5O5. The predicted molar refractivity (Wildman–Crippen MR) is 129 cm³/mol. The molecule has 1 aromatic heterocycles. The first kappa shape index (κ1) is 24.1. The number of likely N-dealkylation sites (tertiary alicyclic amines) is 1. The number of amides is 1. The highest BCUT2D eigenvalue weighted by Crippen LogP contribution is 2.32. The lowest BCUT2D eigenvalue weighted by atomic mass is 10.0. The second-order valence-corrected chi connectivity index (χ2v) is 8.89. The van der Waals surface area contributed by atoms with Crippen LogP contribution in [-0.2, 0) is 0 Å². The molecule has 1 amide bonds. The maximum absolute atomic E-state index is 12.6. The Labute approximate surface area is 204 Å². The number of ether oxygens (including phenoxy) is 1. The first-order chi connectivity index (χ1) is 16.3. The standard InChI is InChI=1S/C22H23Cl2N5O5/c1-34-20-12-19(29(32)33)16(24)11-15(20)21(30)25-6-9-27-7-4-14(5-8-27)28-18-3-2-13(23)10-17(18)26-22(28)31/h2-3,10-12,14H,4-9H2,1H3,(H,25,30)(H,26,31). The summed E-state index contributed by atoms with van der Waals surface area (Å²) in [7, 11) is 1.33. The van der Waals surface area contributed by atoms with Gasteiger partial charge in [-0.3, -0.25) is 19.5 Å². The molecule has 1 aliphatic rings. The van der Waals surface area contributed by atoms with Crippen LogP contribution in [0.1, 0.15) is 29.2 Å². The Morgan fingerprint density at radius 1 is 1.26 bits per heavy atom. The number of halogens is 2. The fourth-order valence-corrected chi connectivity index (χ4v) is 4.72. The van der Waals surface area contributed by atoms with Crippen LogP contribution in [0, 0.1) is 10.1 Å². The zero-order chi connectivity index (χ0) is 24.4. The zero-order valence-electron chi connectivity index (χ0n) is 18.3. The van der Waals surface area contributed by atoms with E-state index in [1.54, 1.807) is 16.7 Å². The number of nitro groups is 1. The lowest BCUT2D eigenvalue weighted by molar-refractivity contribution is -0.384. The minimum Gasteiger partial charge on any atom is -0.496 e. The van der Waals surface area contributed by atoms with E-state index in [9.17, 15) is 19.7 Å². The molecule has 1 aliphatic heterocycles. The second-order valence-electron chi connectivity index (χ2n) is 8.05. The molecule has 180 valence electrons. The van der Waals surface area contributed by atoms with Gasteiger partial charge in [-0.05, 0) is 37.1 Å². The van der Waals surface area contributed by atoms with E-state index in [2.05, 4.69) is 15.2 Å². The van der Waals surface area contributed by atoms with Crippen molar-refractivity contribution in [3.8, 4) is 5.75 Å².